The van der Waals surface area contributed by atoms with Gasteiger partial charge in [0, 0.05) is 18.0 Å². The number of aromatic amines is 1. The predicted octanol–water partition coefficient (Wildman–Crippen LogP) is 3.47. The summed E-state index contributed by atoms with van der Waals surface area (Å²) in [6.07, 6.45) is 7.69. The Hall–Kier alpha value is -1.50. The first-order valence-electron chi connectivity index (χ1n) is 4.29. The van der Waals surface area contributed by atoms with Crippen LogP contribution in [0, 0.1) is 6.92 Å². The molecule has 0 saturated heterocycles. The van der Waals surface area contributed by atoms with Gasteiger partial charge in [-0.2, -0.15) is 0 Å². The summed E-state index contributed by atoms with van der Waals surface area (Å²) in [6.45, 7) is 11.8. The molecule has 0 atom stereocenters. The van der Waals surface area contributed by atoms with Gasteiger partial charge in [-0.1, -0.05) is 25.3 Å². The largest absolute Gasteiger partial charge is 0.367 e. The van der Waals surface area contributed by atoms with E-state index < -0.39 is 0 Å². The highest BCUT2D eigenvalue weighted by atomic mass is 14.6. The highest BCUT2D eigenvalue weighted by Gasteiger charge is 2.03. The van der Waals surface area contributed by atoms with E-state index in [2.05, 4.69) is 25.1 Å². The second kappa shape index (κ2) is 3.94. The van der Waals surface area contributed by atoms with Crippen LogP contribution >= 0.6 is 0 Å². The highest BCUT2D eigenvalue weighted by Crippen LogP contribution is 2.23. The summed E-state index contributed by atoms with van der Waals surface area (Å²) >= 11 is 0. The van der Waals surface area contributed by atoms with Gasteiger partial charge >= 0.3 is 0 Å². The van der Waals surface area contributed by atoms with Crippen LogP contribution in [0.1, 0.15) is 18.1 Å². The van der Waals surface area contributed by atoms with Gasteiger partial charge in [0.25, 0.3) is 0 Å². The summed E-state index contributed by atoms with van der Waals surface area (Å²) in [4.78, 5) is 3.06. The lowest BCUT2D eigenvalue weighted by atomic mass is 10.0. The molecule has 0 aliphatic heterocycles. The first-order valence-corrected chi connectivity index (χ1v) is 4.29. The lowest BCUT2D eigenvalue weighted by Gasteiger charge is -2.04. The molecule has 0 aliphatic rings. The maximum absolute atomic E-state index is 4.04. The zero-order chi connectivity index (χ0) is 9.84. The maximum Gasteiger partial charge on any atom is 0.00868 e. The van der Waals surface area contributed by atoms with Crippen LogP contribution in [0.4, 0.5) is 0 Å². The molecule has 1 aromatic heterocycles. The molecule has 0 spiro atoms. The Morgan fingerprint density at radius 1 is 1.46 bits per heavy atom. The van der Waals surface area contributed by atoms with Gasteiger partial charge in [-0.3, -0.25) is 0 Å². The number of aromatic nitrogens is 1. The standard InChI is InChI=1S/C12H15N/c1-5-6-9(2)11(4)12-8-13-7-10(12)3/h5-8,13H,1,4H2,2-3H3/b9-6-. The smallest absolute Gasteiger partial charge is 0.00868 e. The summed E-state index contributed by atoms with van der Waals surface area (Å²) in [5, 5.41) is 0. The van der Waals surface area contributed by atoms with Crippen LogP contribution < -0.4 is 0 Å². The van der Waals surface area contributed by atoms with Crippen LogP contribution in [-0.4, -0.2) is 4.98 Å². The van der Waals surface area contributed by atoms with Crippen LogP contribution in [0.3, 0.4) is 0 Å². The van der Waals surface area contributed by atoms with Gasteiger partial charge in [0.05, 0.1) is 0 Å². The zero-order valence-electron chi connectivity index (χ0n) is 8.22. The Balaban J connectivity index is 2.98. The number of aryl methyl sites for hydroxylation is 1. The van der Waals surface area contributed by atoms with Crippen LogP contribution in [0.2, 0.25) is 0 Å². The van der Waals surface area contributed by atoms with Crippen molar-refractivity contribution in [3.8, 4) is 0 Å². The molecule has 0 amide bonds. The number of nitrogens with one attached hydrogen (secondary N) is 1. The lowest BCUT2D eigenvalue weighted by Crippen LogP contribution is -1.84. The van der Waals surface area contributed by atoms with Crippen molar-refractivity contribution in [2.75, 3.05) is 0 Å². The van der Waals surface area contributed by atoms with Crippen molar-refractivity contribution in [1.29, 1.82) is 0 Å². The summed E-state index contributed by atoms with van der Waals surface area (Å²) < 4.78 is 0. The number of H-pyrrole nitrogens is 1. The molecule has 1 heterocycles. The highest BCUT2D eigenvalue weighted by molar-refractivity contribution is 5.78. The van der Waals surface area contributed by atoms with E-state index >= 15 is 0 Å². The van der Waals surface area contributed by atoms with Crippen LogP contribution in [-0.2, 0) is 0 Å². The molecule has 1 heteroatoms. The van der Waals surface area contributed by atoms with Crippen LogP contribution in [0.25, 0.3) is 5.57 Å². The molecule has 1 N–H and O–H groups in total. The summed E-state index contributed by atoms with van der Waals surface area (Å²) in [5.41, 5.74) is 4.61. The second-order valence-corrected chi connectivity index (χ2v) is 3.12. The number of allylic oxidation sites excluding steroid dienone is 4. The maximum atomic E-state index is 4.04. The lowest BCUT2D eigenvalue weighted by molar-refractivity contribution is 1.39. The SMILES string of the molecule is C=C/C=C(/C)C(=C)c1c[nH]cc1C. The number of hydrogen-bond acceptors (Lipinski definition) is 0. The monoisotopic (exact) mass is 173 g/mol. The first kappa shape index (κ1) is 9.59. The van der Waals surface area contributed by atoms with Crippen molar-refractivity contribution in [2.45, 2.75) is 13.8 Å². The van der Waals surface area contributed by atoms with Crippen molar-refractivity contribution in [2.24, 2.45) is 0 Å². The number of hydrogen-bond donors (Lipinski definition) is 1. The van der Waals surface area contributed by atoms with Crippen molar-refractivity contribution < 1.29 is 0 Å². The minimum Gasteiger partial charge on any atom is -0.367 e. The molecule has 0 saturated carbocycles. The van der Waals surface area contributed by atoms with Crippen LogP contribution in [0.5, 0.6) is 0 Å². The molecule has 0 unspecified atom stereocenters. The third kappa shape index (κ3) is 2.00. The molecule has 0 fully saturated rings. The fourth-order valence-corrected chi connectivity index (χ4v) is 1.26. The molecule has 0 bridgehead atoms. The summed E-state index contributed by atoms with van der Waals surface area (Å²) in [5.74, 6) is 0. The average Bonchev–Trinajstić information content (AvgIpc) is 2.50. The fourth-order valence-electron chi connectivity index (χ4n) is 1.26. The first-order chi connectivity index (χ1) is 6.16. The minimum absolute atomic E-state index is 1.05. The molecule has 1 aromatic rings. The Morgan fingerprint density at radius 2 is 2.15 bits per heavy atom. The molecule has 0 aliphatic carbocycles. The number of rotatable bonds is 3. The Labute approximate surface area is 79.5 Å². The molecule has 0 radical (unpaired) electrons. The summed E-state index contributed by atoms with van der Waals surface area (Å²) in [7, 11) is 0. The second-order valence-electron chi connectivity index (χ2n) is 3.12. The van der Waals surface area contributed by atoms with Crippen molar-refractivity contribution in [1.82, 2.24) is 4.98 Å². The predicted molar refractivity (Wildman–Crippen MR) is 58.5 cm³/mol. The Bertz CT molecular complexity index is 353. The Morgan fingerprint density at radius 3 is 2.62 bits per heavy atom. The molecular formula is C12H15N. The topological polar surface area (TPSA) is 15.8 Å². The van der Waals surface area contributed by atoms with E-state index in [4.69, 9.17) is 0 Å². The Kier molecular flexibility index (Phi) is 2.91. The van der Waals surface area contributed by atoms with Crippen molar-refractivity contribution in [3.63, 3.8) is 0 Å². The third-order valence-electron chi connectivity index (χ3n) is 2.12. The van der Waals surface area contributed by atoms with E-state index in [0.29, 0.717) is 0 Å². The van der Waals surface area contributed by atoms with Gasteiger partial charge in [-0.25, -0.2) is 0 Å². The van der Waals surface area contributed by atoms with Crippen LogP contribution in [0.15, 0.2) is 43.3 Å². The van der Waals surface area contributed by atoms with E-state index in [-0.39, 0.29) is 0 Å². The van der Waals surface area contributed by atoms with Gasteiger partial charge < -0.3 is 4.98 Å². The minimum atomic E-state index is 1.05. The molecular weight excluding hydrogens is 158 g/mol. The van der Waals surface area contributed by atoms with E-state index in [0.717, 1.165) is 11.1 Å². The van der Waals surface area contributed by atoms with E-state index in [1.54, 1.807) is 6.08 Å². The van der Waals surface area contributed by atoms with E-state index in [1.807, 2.05) is 25.4 Å². The third-order valence-corrected chi connectivity index (χ3v) is 2.12. The normalized spacial score (nSPS) is 11.4. The fraction of sp³-hybridized carbons (Fsp3) is 0.167. The molecule has 13 heavy (non-hydrogen) atoms. The van der Waals surface area contributed by atoms with Crippen molar-refractivity contribution in [3.05, 3.63) is 54.4 Å². The van der Waals surface area contributed by atoms with E-state index in [1.165, 1.54) is 11.1 Å². The average molecular weight is 173 g/mol. The quantitative estimate of drug-likeness (QED) is 0.674. The molecule has 1 nitrogen and oxygen atoms in total. The van der Waals surface area contributed by atoms with E-state index in [9.17, 15) is 0 Å². The van der Waals surface area contributed by atoms with Gasteiger partial charge in [0.15, 0.2) is 0 Å². The van der Waals surface area contributed by atoms with Crippen molar-refractivity contribution >= 4 is 5.57 Å². The summed E-state index contributed by atoms with van der Waals surface area (Å²) in [6, 6.07) is 0. The van der Waals surface area contributed by atoms with Gasteiger partial charge in [-0.05, 0) is 30.6 Å². The zero-order valence-corrected chi connectivity index (χ0v) is 8.22. The van der Waals surface area contributed by atoms with Gasteiger partial charge in [-0.15, -0.1) is 0 Å². The molecule has 68 valence electrons. The van der Waals surface area contributed by atoms with Gasteiger partial charge in [0.1, 0.15) is 0 Å². The van der Waals surface area contributed by atoms with Gasteiger partial charge in [0.2, 0.25) is 0 Å². The molecule has 0 aromatic carbocycles. The molecule has 1 rings (SSSR count).